The summed E-state index contributed by atoms with van der Waals surface area (Å²) in [5, 5.41) is 6.90. The van der Waals surface area contributed by atoms with E-state index in [0.717, 1.165) is 12.5 Å². The maximum Gasteiger partial charge on any atom is -0.00142 e. The Morgan fingerprint density at radius 2 is 2.15 bits per heavy atom. The van der Waals surface area contributed by atoms with Gasteiger partial charge in [-0.3, -0.25) is 0 Å². The van der Waals surface area contributed by atoms with Gasteiger partial charge in [0.1, 0.15) is 0 Å². The van der Waals surface area contributed by atoms with Crippen LogP contribution in [0.2, 0.25) is 0 Å². The van der Waals surface area contributed by atoms with Crippen molar-refractivity contribution in [3.05, 3.63) is 12.2 Å². The molecule has 0 aromatic carbocycles. The van der Waals surface area contributed by atoms with Crippen LogP contribution in [0.1, 0.15) is 26.2 Å². The first-order valence-corrected chi connectivity index (χ1v) is 5.46. The van der Waals surface area contributed by atoms with Gasteiger partial charge in [-0.2, -0.15) is 0 Å². The van der Waals surface area contributed by atoms with Gasteiger partial charge in [-0.1, -0.05) is 12.2 Å². The second-order valence-electron chi connectivity index (χ2n) is 3.76. The Morgan fingerprint density at radius 3 is 2.85 bits per heavy atom. The lowest BCUT2D eigenvalue weighted by Crippen LogP contribution is -2.33. The Kier molecular flexibility index (Phi) is 5.87. The van der Waals surface area contributed by atoms with Crippen LogP contribution >= 0.6 is 0 Å². The molecule has 76 valence electrons. The average molecular weight is 182 g/mol. The van der Waals surface area contributed by atoms with E-state index in [9.17, 15) is 0 Å². The van der Waals surface area contributed by atoms with Gasteiger partial charge in [0.2, 0.25) is 0 Å². The Bertz CT molecular complexity index is 137. The quantitative estimate of drug-likeness (QED) is 0.498. The standard InChI is InChI=1S/C11H22N2/c1-2-3-4-7-13-10-11-5-8-12-9-6-11/h2-3,11-13H,4-10H2,1H3/b3-2+. The minimum Gasteiger partial charge on any atom is -0.317 e. The van der Waals surface area contributed by atoms with Crippen LogP contribution in [-0.4, -0.2) is 26.2 Å². The van der Waals surface area contributed by atoms with Crippen LogP contribution in [0.25, 0.3) is 0 Å². The Morgan fingerprint density at radius 1 is 1.38 bits per heavy atom. The molecule has 1 heterocycles. The van der Waals surface area contributed by atoms with Gasteiger partial charge < -0.3 is 10.6 Å². The number of piperidine rings is 1. The lowest BCUT2D eigenvalue weighted by Gasteiger charge is -2.22. The van der Waals surface area contributed by atoms with Crippen LogP contribution in [0, 0.1) is 5.92 Å². The van der Waals surface area contributed by atoms with Crippen LogP contribution in [0.4, 0.5) is 0 Å². The van der Waals surface area contributed by atoms with Crippen molar-refractivity contribution >= 4 is 0 Å². The highest BCUT2D eigenvalue weighted by Crippen LogP contribution is 2.09. The average Bonchev–Trinajstić information content (AvgIpc) is 2.19. The summed E-state index contributed by atoms with van der Waals surface area (Å²) in [6.07, 6.45) is 8.19. The third kappa shape index (κ3) is 5.06. The second kappa shape index (κ2) is 7.10. The van der Waals surface area contributed by atoms with Crippen molar-refractivity contribution in [2.45, 2.75) is 26.2 Å². The maximum atomic E-state index is 3.51. The van der Waals surface area contributed by atoms with E-state index in [4.69, 9.17) is 0 Å². The molecule has 2 N–H and O–H groups in total. The molecule has 0 radical (unpaired) electrons. The van der Waals surface area contributed by atoms with E-state index in [1.807, 2.05) is 0 Å². The summed E-state index contributed by atoms with van der Waals surface area (Å²) >= 11 is 0. The summed E-state index contributed by atoms with van der Waals surface area (Å²) in [6.45, 7) is 6.84. The third-order valence-corrected chi connectivity index (χ3v) is 2.62. The lowest BCUT2D eigenvalue weighted by atomic mass is 9.98. The van der Waals surface area contributed by atoms with E-state index in [2.05, 4.69) is 29.7 Å². The first-order chi connectivity index (χ1) is 6.43. The molecule has 0 saturated carbocycles. The van der Waals surface area contributed by atoms with Crippen molar-refractivity contribution in [2.24, 2.45) is 5.92 Å². The molecule has 0 atom stereocenters. The van der Waals surface area contributed by atoms with Crippen molar-refractivity contribution < 1.29 is 0 Å². The Labute approximate surface area is 81.8 Å². The van der Waals surface area contributed by atoms with E-state index in [1.54, 1.807) is 0 Å². The zero-order chi connectivity index (χ0) is 9.36. The van der Waals surface area contributed by atoms with Crippen molar-refractivity contribution in [3.63, 3.8) is 0 Å². The fourth-order valence-electron chi connectivity index (χ4n) is 1.74. The molecule has 2 heteroatoms. The van der Waals surface area contributed by atoms with E-state index < -0.39 is 0 Å². The number of rotatable bonds is 5. The fraction of sp³-hybridized carbons (Fsp3) is 0.818. The zero-order valence-corrected chi connectivity index (χ0v) is 8.68. The van der Waals surface area contributed by atoms with Gasteiger partial charge in [0, 0.05) is 0 Å². The number of allylic oxidation sites excluding steroid dienone is 1. The van der Waals surface area contributed by atoms with Gasteiger partial charge >= 0.3 is 0 Å². The van der Waals surface area contributed by atoms with Gasteiger partial charge in [0.25, 0.3) is 0 Å². The monoisotopic (exact) mass is 182 g/mol. The minimum absolute atomic E-state index is 0.909. The summed E-state index contributed by atoms with van der Waals surface area (Å²) in [7, 11) is 0. The summed E-state index contributed by atoms with van der Waals surface area (Å²) in [5.74, 6) is 0.909. The third-order valence-electron chi connectivity index (χ3n) is 2.62. The topological polar surface area (TPSA) is 24.1 Å². The molecule has 13 heavy (non-hydrogen) atoms. The van der Waals surface area contributed by atoms with Crippen LogP contribution in [0.5, 0.6) is 0 Å². The lowest BCUT2D eigenvalue weighted by molar-refractivity contribution is 0.358. The van der Waals surface area contributed by atoms with Crippen molar-refractivity contribution in [1.82, 2.24) is 10.6 Å². The predicted octanol–water partition coefficient (Wildman–Crippen LogP) is 1.54. The van der Waals surface area contributed by atoms with Gasteiger partial charge in [-0.05, 0) is 58.3 Å². The molecule has 0 amide bonds. The molecular formula is C11H22N2. The molecule has 1 saturated heterocycles. The normalized spacial score (nSPS) is 19.8. The Balaban J connectivity index is 1.92. The largest absolute Gasteiger partial charge is 0.317 e. The molecule has 0 spiro atoms. The molecular weight excluding hydrogens is 160 g/mol. The van der Waals surface area contributed by atoms with Crippen LogP contribution in [0.15, 0.2) is 12.2 Å². The SMILES string of the molecule is C/C=C/CCNCC1CCNCC1. The van der Waals surface area contributed by atoms with Gasteiger partial charge in [0.15, 0.2) is 0 Å². The van der Waals surface area contributed by atoms with Crippen LogP contribution in [-0.2, 0) is 0 Å². The van der Waals surface area contributed by atoms with Gasteiger partial charge in [-0.15, -0.1) is 0 Å². The summed E-state index contributed by atoms with van der Waals surface area (Å²) < 4.78 is 0. The smallest absolute Gasteiger partial charge is 0.00142 e. The maximum absolute atomic E-state index is 3.51. The molecule has 0 aromatic rings. The molecule has 2 nitrogen and oxygen atoms in total. The zero-order valence-electron chi connectivity index (χ0n) is 8.68. The summed E-state index contributed by atoms with van der Waals surface area (Å²) in [4.78, 5) is 0. The van der Waals surface area contributed by atoms with Gasteiger partial charge in [-0.25, -0.2) is 0 Å². The van der Waals surface area contributed by atoms with Crippen LogP contribution in [0.3, 0.4) is 0 Å². The first-order valence-electron chi connectivity index (χ1n) is 5.46. The molecule has 1 aliphatic rings. The molecule has 1 rings (SSSR count). The number of hydrogen-bond acceptors (Lipinski definition) is 2. The van der Waals surface area contributed by atoms with Crippen molar-refractivity contribution in [3.8, 4) is 0 Å². The van der Waals surface area contributed by atoms with Crippen molar-refractivity contribution in [2.75, 3.05) is 26.2 Å². The second-order valence-corrected chi connectivity index (χ2v) is 3.76. The highest BCUT2D eigenvalue weighted by Gasteiger charge is 2.11. The van der Waals surface area contributed by atoms with Gasteiger partial charge in [0.05, 0.1) is 0 Å². The Hall–Kier alpha value is -0.340. The molecule has 0 aromatic heterocycles. The first kappa shape index (κ1) is 10.7. The number of nitrogens with one attached hydrogen (secondary N) is 2. The van der Waals surface area contributed by atoms with Crippen LogP contribution < -0.4 is 10.6 Å². The molecule has 1 aliphatic heterocycles. The highest BCUT2D eigenvalue weighted by molar-refractivity contribution is 4.78. The molecule has 0 bridgehead atoms. The molecule has 0 aliphatic carbocycles. The molecule has 1 fully saturated rings. The van der Waals surface area contributed by atoms with E-state index >= 15 is 0 Å². The van der Waals surface area contributed by atoms with E-state index in [0.29, 0.717) is 0 Å². The fourth-order valence-corrected chi connectivity index (χ4v) is 1.74. The summed E-state index contributed by atoms with van der Waals surface area (Å²) in [6, 6.07) is 0. The highest BCUT2D eigenvalue weighted by atomic mass is 14.9. The summed E-state index contributed by atoms with van der Waals surface area (Å²) in [5.41, 5.74) is 0. The molecule has 0 unspecified atom stereocenters. The van der Waals surface area contributed by atoms with E-state index in [1.165, 1.54) is 38.9 Å². The van der Waals surface area contributed by atoms with Crippen molar-refractivity contribution in [1.29, 1.82) is 0 Å². The predicted molar refractivity (Wildman–Crippen MR) is 57.9 cm³/mol. The number of hydrogen-bond donors (Lipinski definition) is 2. The minimum atomic E-state index is 0.909. The van der Waals surface area contributed by atoms with E-state index in [-0.39, 0.29) is 0 Å².